The summed E-state index contributed by atoms with van der Waals surface area (Å²) >= 11 is 0. The van der Waals surface area contributed by atoms with Crippen molar-refractivity contribution >= 4 is 0 Å². The van der Waals surface area contributed by atoms with E-state index >= 15 is 0 Å². The Kier molecular flexibility index (Phi) is 3.16. The molecule has 0 saturated heterocycles. The van der Waals surface area contributed by atoms with Crippen LogP contribution in [0.1, 0.15) is 36.0 Å². The van der Waals surface area contributed by atoms with Gasteiger partial charge in [-0.2, -0.15) is 4.98 Å². The number of halogens is 1. The van der Waals surface area contributed by atoms with Crippen LogP contribution in [0.5, 0.6) is 5.75 Å². The quantitative estimate of drug-likeness (QED) is 0.896. The van der Waals surface area contributed by atoms with Crippen LogP contribution in [-0.2, 0) is 13.2 Å². The fraction of sp³-hybridized carbons (Fsp3) is 0.385. The number of ether oxygens (including phenoxy) is 1. The first kappa shape index (κ1) is 12.1. The summed E-state index contributed by atoms with van der Waals surface area (Å²) in [4.78, 5) is 4.18. The second-order valence-electron chi connectivity index (χ2n) is 4.50. The third-order valence-electron chi connectivity index (χ3n) is 2.97. The third kappa shape index (κ3) is 2.58. The van der Waals surface area contributed by atoms with Crippen LogP contribution in [0, 0.1) is 5.82 Å². The lowest BCUT2D eigenvalue weighted by Gasteiger charge is -2.08. The largest absolute Gasteiger partial charge is 0.482 e. The number of aliphatic hydroxyl groups excluding tert-OH is 1. The summed E-state index contributed by atoms with van der Waals surface area (Å²) < 4.78 is 24.0. The summed E-state index contributed by atoms with van der Waals surface area (Å²) in [5.41, 5.74) is 0.394. The van der Waals surface area contributed by atoms with Gasteiger partial charge in [-0.25, -0.2) is 4.39 Å². The molecular weight excluding hydrogens is 251 g/mol. The molecule has 2 aromatic rings. The van der Waals surface area contributed by atoms with Crippen molar-refractivity contribution in [2.24, 2.45) is 0 Å². The van der Waals surface area contributed by atoms with Crippen molar-refractivity contribution in [3.05, 3.63) is 41.3 Å². The number of hydrogen-bond donors (Lipinski definition) is 1. The van der Waals surface area contributed by atoms with Crippen molar-refractivity contribution in [2.75, 3.05) is 0 Å². The van der Waals surface area contributed by atoms with Crippen LogP contribution in [-0.4, -0.2) is 15.2 Å². The van der Waals surface area contributed by atoms with Gasteiger partial charge in [0.25, 0.3) is 0 Å². The maximum Gasteiger partial charge on any atom is 0.229 e. The molecule has 1 heterocycles. The Morgan fingerprint density at radius 2 is 2.26 bits per heavy atom. The zero-order chi connectivity index (χ0) is 13.2. The summed E-state index contributed by atoms with van der Waals surface area (Å²) in [7, 11) is 0. The van der Waals surface area contributed by atoms with Crippen LogP contribution >= 0.6 is 0 Å². The maximum atomic E-state index is 13.6. The van der Waals surface area contributed by atoms with Crippen LogP contribution in [0.2, 0.25) is 0 Å². The van der Waals surface area contributed by atoms with Crippen LogP contribution in [0.25, 0.3) is 0 Å². The van der Waals surface area contributed by atoms with E-state index in [2.05, 4.69) is 10.1 Å². The van der Waals surface area contributed by atoms with Crippen LogP contribution in [0.15, 0.2) is 22.7 Å². The van der Waals surface area contributed by atoms with Gasteiger partial charge in [0.15, 0.2) is 18.2 Å². The first-order valence-corrected chi connectivity index (χ1v) is 6.11. The van der Waals surface area contributed by atoms with E-state index < -0.39 is 5.82 Å². The van der Waals surface area contributed by atoms with Crippen molar-refractivity contribution in [3.63, 3.8) is 0 Å². The molecule has 1 aliphatic carbocycles. The molecule has 6 heteroatoms. The van der Waals surface area contributed by atoms with Gasteiger partial charge in [0.2, 0.25) is 11.7 Å². The molecule has 0 aliphatic heterocycles. The molecule has 0 radical (unpaired) electrons. The van der Waals surface area contributed by atoms with Gasteiger partial charge in [-0.15, -0.1) is 0 Å². The number of hydrogen-bond acceptors (Lipinski definition) is 5. The average Bonchev–Trinajstić information content (AvgIpc) is 3.17. The number of aromatic nitrogens is 2. The van der Waals surface area contributed by atoms with E-state index in [9.17, 15) is 4.39 Å². The fourth-order valence-electron chi connectivity index (χ4n) is 1.80. The first-order chi connectivity index (χ1) is 9.28. The molecule has 0 unspecified atom stereocenters. The zero-order valence-corrected chi connectivity index (χ0v) is 10.2. The highest BCUT2D eigenvalue weighted by Gasteiger charge is 2.29. The lowest BCUT2D eigenvalue weighted by atomic mass is 10.2. The number of para-hydroxylation sites is 1. The van der Waals surface area contributed by atoms with E-state index in [-0.39, 0.29) is 19.0 Å². The molecule has 0 atom stereocenters. The maximum absolute atomic E-state index is 13.6. The Hall–Kier alpha value is -1.95. The van der Waals surface area contributed by atoms with E-state index in [1.807, 2.05) is 0 Å². The number of aliphatic hydroxyl groups is 1. The van der Waals surface area contributed by atoms with Gasteiger partial charge in [0.05, 0.1) is 6.61 Å². The highest BCUT2D eigenvalue weighted by molar-refractivity contribution is 5.34. The van der Waals surface area contributed by atoms with E-state index in [0.717, 1.165) is 12.8 Å². The lowest BCUT2D eigenvalue weighted by Crippen LogP contribution is -2.02. The Balaban J connectivity index is 1.71. The van der Waals surface area contributed by atoms with Gasteiger partial charge in [-0.1, -0.05) is 17.3 Å². The molecule has 0 amide bonds. The van der Waals surface area contributed by atoms with Crippen molar-refractivity contribution in [3.8, 4) is 5.75 Å². The second kappa shape index (κ2) is 4.97. The Labute approximate surface area is 109 Å². The number of nitrogens with zero attached hydrogens (tertiary/aromatic N) is 2. The normalized spacial score (nSPS) is 14.6. The smallest absolute Gasteiger partial charge is 0.229 e. The molecule has 100 valence electrons. The molecule has 3 rings (SSSR count). The fourth-order valence-corrected chi connectivity index (χ4v) is 1.80. The Morgan fingerprint density at radius 3 is 3.00 bits per heavy atom. The molecule has 1 fully saturated rings. The van der Waals surface area contributed by atoms with Crippen molar-refractivity contribution in [2.45, 2.75) is 32.0 Å². The minimum atomic E-state index is -0.516. The standard InChI is InChI=1S/C13H13FN2O3/c14-10-3-1-2-9(6-17)12(10)18-7-11-15-13(19-16-11)8-4-5-8/h1-3,8,17H,4-7H2. The summed E-state index contributed by atoms with van der Waals surface area (Å²) in [5.74, 6) is 0.895. The van der Waals surface area contributed by atoms with Gasteiger partial charge < -0.3 is 14.4 Å². The van der Waals surface area contributed by atoms with E-state index in [0.29, 0.717) is 23.2 Å². The summed E-state index contributed by atoms with van der Waals surface area (Å²) in [6.07, 6.45) is 2.15. The molecule has 5 nitrogen and oxygen atoms in total. The summed E-state index contributed by atoms with van der Waals surface area (Å²) in [6.45, 7) is -0.267. The second-order valence-corrected chi connectivity index (χ2v) is 4.50. The Bertz CT molecular complexity index is 581. The first-order valence-electron chi connectivity index (χ1n) is 6.11. The van der Waals surface area contributed by atoms with Crippen LogP contribution in [0.3, 0.4) is 0 Å². The highest BCUT2D eigenvalue weighted by Crippen LogP contribution is 2.38. The van der Waals surface area contributed by atoms with Crippen LogP contribution in [0.4, 0.5) is 4.39 Å². The van der Waals surface area contributed by atoms with E-state index in [1.54, 1.807) is 6.07 Å². The molecule has 0 bridgehead atoms. The lowest BCUT2D eigenvalue weighted by molar-refractivity contribution is 0.244. The monoisotopic (exact) mass is 264 g/mol. The predicted molar refractivity (Wildman–Crippen MR) is 62.9 cm³/mol. The third-order valence-corrected chi connectivity index (χ3v) is 2.97. The SMILES string of the molecule is OCc1cccc(F)c1OCc1noc(C2CC2)n1. The topological polar surface area (TPSA) is 68.4 Å². The van der Waals surface area contributed by atoms with Gasteiger partial charge in [-0.05, 0) is 18.9 Å². The summed E-state index contributed by atoms with van der Waals surface area (Å²) in [5, 5.41) is 12.9. The van der Waals surface area contributed by atoms with Crippen molar-refractivity contribution in [1.82, 2.24) is 10.1 Å². The number of benzene rings is 1. The molecule has 0 spiro atoms. The summed E-state index contributed by atoms with van der Waals surface area (Å²) in [6, 6.07) is 4.40. The molecule has 1 aromatic heterocycles. The molecular formula is C13H13FN2O3. The van der Waals surface area contributed by atoms with Gasteiger partial charge in [-0.3, -0.25) is 0 Å². The van der Waals surface area contributed by atoms with E-state index in [4.69, 9.17) is 14.4 Å². The van der Waals surface area contributed by atoms with E-state index in [1.165, 1.54) is 12.1 Å². The molecule has 19 heavy (non-hydrogen) atoms. The van der Waals surface area contributed by atoms with Gasteiger partial charge in [0, 0.05) is 11.5 Å². The predicted octanol–water partition coefficient (Wildman–Crippen LogP) is 2.16. The molecule has 1 N–H and O–H groups in total. The zero-order valence-electron chi connectivity index (χ0n) is 10.2. The van der Waals surface area contributed by atoms with Gasteiger partial charge >= 0.3 is 0 Å². The molecule has 1 aromatic carbocycles. The van der Waals surface area contributed by atoms with Crippen LogP contribution < -0.4 is 4.74 Å². The molecule has 1 saturated carbocycles. The number of rotatable bonds is 5. The average molecular weight is 264 g/mol. The highest BCUT2D eigenvalue weighted by atomic mass is 19.1. The van der Waals surface area contributed by atoms with Crippen molar-refractivity contribution in [1.29, 1.82) is 0 Å². The minimum Gasteiger partial charge on any atom is -0.482 e. The Morgan fingerprint density at radius 1 is 1.42 bits per heavy atom. The molecule has 1 aliphatic rings. The van der Waals surface area contributed by atoms with Gasteiger partial charge in [0.1, 0.15) is 0 Å². The minimum absolute atomic E-state index is 0.0180. The van der Waals surface area contributed by atoms with Crippen molar-refractivity contribution < 1.29 is 18.8 Å².